The van der Waals surface area contributed by atoms with Crippen molar-refractivity contribution < 1.29 is 4.79 Å². The predicted octanol–water partition coefficient (Wildman–Crippen LogP) is 4.94. The molecule has 2 aromatic heterocycles. The van der Waals surface area contributed by atoms with Gasteiger partial charge in [-0.1, -0.05) is 60.7 Å². The molecule has 7 rings (SSSR count). The number of carbonyl (C=O) groups excluding carboxylic acids is 1. The molecule has 0 saturated carbocycles. The van der Waals surface area contributed by atoms with E-state index in [9.17, 15) is 4.79 Å². The van der Waals surface area contributed by atoms with Crippen molar-refractivity contribution in [3.8, 4) is 11.1 Å². The Kier molecular flexibility index (Phi) is 2.71. The number of hydrogen-bond donors (Lipinski definition) is 0. The van der Waals surface area contributed by atoms with Gasteiger partial charge in [-0.3, -0.25) is 14.8 Å². The number of nitrogens with zero attached hydrogens (tertiary/aromatic N) is 2. The minimum atomic E-state index is -0.410. The molecule has 2 aromatic carbocycles. The van der Waals surface area contributed by atoms with E-state index >= 15 is 0 Å². The molecule has 1 saturated heterocycles. The van der Waals surface area contributed by atoms with Crippen LogP contribution >= 0.6 is 11.8 Å². The first-order valence-corrected chi connectivity index (χ1v) is 10.5. The SMILES string of the molecule is O=C1c2ccccc2C2(SC23c2ncccc2-c2cccnc23)c2ccccc21. The maximum atomic E-state index is 13.3. The average molecular weight is 390 g/mol. The first-order chi connectivity index (χ1) is 14.3. The number of fused-ring (bicyclic) bond motifs is 10. The van der Waals surface area contributed by atoms with Crippen LogP contribution in [0.3, 0.4) is 0 Å². The highest BCUT2D eigenvalue weighted by molar-refractivity contribution is 8.09. The van der Waals surface area contributed by atoms with Crippen LogP contribution in [0.1, 0.15) is 38.4 Å². The summed E-state index contributed by atoms with van der Waals surface area (Å²) >= 11 is 1.87. The molecule has 0 radical (unpaired) electrons. The van der Waals surface area contributed by atoms with Crippen LogP contribution in [0.5, 0.6) is 0 Å². The van der Waals surface area contributed by atoms with Crippen LogP contribution < -0.4 is 0 Å². The zero-order chi connectivity index (χ0) is 19.2. The van der Waals surface area contributed by atoms with E-state index in [-0.39, 0.29) is 5.78 Å². The fraction of sp³-hybridized carbons (Fsp3) is 0.0800. The summed E-state index contributed by atoms with van der Waals surface area (Å²) in [5, 5.41) is 0. The monoisotopic (exact) mass is 390 g/mol. The fourth-order valence-corrected chi connectivity index (χ4v) is 7.22. The molecule has 0 unspecified atom stereocenters. The van der Waals surface area contributed by atoms with Gasteiger partial charge in [0.15, 0.2) is 5.78 Å². The molecular weight excluding hydrogens is 376 g/mol. The zero-order valence-electron chi connectivity index (χ0n) is 15.3. The maximum Gasteiger partial charge on any atom is 0.193 e. The first kappa shape index (κ1) is 15.7. The second-order valence-corrected chi connectivity index (χ2v) is 9.11. The Balaban J connectivity index is 1.64. The van der Waals surface area contributed by atoms with Crippen molar-refractivity contribution in [2.45, 2.75) is 9.49 Å². The third kappa shape index (κ3) is 1.59. The summed E-state index contributed by atoms with van der Waals surface area (Å²) < 4.78 is -0.802. The fourth-order valence-electron chi connectivity index (χ4n) is 5.31. The van der Waals surface area contributed by atoms with Crippen molar-refractivity contribution >= 4 is 17.5 Å². The normalized spacial score (nSPS) is 18.1. The van der Waals surface area contributed by atoms with E-state index in [1.165, 1.54) is 0 Å². The Morgan fingerprint density at radius 3 is 1.62 bits per heavy atom. The summed E-state index contributed by atoms with van der Waals surface area (Å²) in [4.78, 5) is 23.0. The number of ketones is 1. The number of hydrogen-bond acceptors (Lipinski definition) is 4. The third-order valence-corrected chi connectivity index (χ3v) is 8.28. The molecule has 0 N–H and O–H groups in total. The van der Waals surface area contributed by atoms with Gasteiger partial charge in [0.1, 0.15) is 4.75 Å². The molecule has 4 aromatic rings. The van der Waals surface area contributed by atoms with Gasteiger partial charge < -0.3 is 0 Å². The standard InChI is InChI=1S/C25H14N2OS/c28-21-17-7-1-3-11-19(17)24(20-12-4-2-8-18(20)21)25(29-24)22-15(9-5-13-26-22)16-10-6-14-27-23(16)25/h1-14H. The van der Waals surface area contributed by atoms with Crippen molar-refractivity contribution in [2.75, 3.05) is 0 Å². The summed E-state index contributed by atoms with van der Waals surface area (Å²) in [6.07, 6.45) is 3.73. The third-order valence-electron chi connectivity index (χ3n) is 6.43. The van der Waals surface area contributed by atoms with Gasteiger partial charge in [0, 0.05) is 34.6 Å². The molecular formula is C25H14N2OS. The van der Waals surface area contributed by atoms with Gasteiger partial charge in [-0.25, -0.2) is 0 Å². The molecule has 3 heterocycles. The molecule has 3 aliphatic rings. The van der Waals surface area contributed by atoms with Crippen molar-refractivity contribution in [2.24, 2.45) is 0 Å². The molecule has 4 heteroatoms. The van der Waals surface area contributed by atoms with Crippen molar-refractivity contribution in [1.82, 2.24) is 9.97 Å². The first-order valence-electron chi connectivity index (χ1n) is 9.64. The maximum absolute atomic E-state index is 13.3. The van der Waals surface area contributed by atoms with E-state index in [4.69, 9.17) is 9.97 Å². The number of aromatic nitrogens is 2. The predicted molar refractivity (Wildman–Crippen MR) is 113 cm³/mol. The topological polar surface area (TPSA) is 42.9 Å². The summed E-state index contributed by atoms with van der Waals surface area (Å²) in [5.41, 5.74) is 8.12. The molecule has 0 bridgehead atoms. The van der Waals surface area contributed by atoms with Gasteiger partial charge in [-0.05, 0) is 23.3 Å². The van der Waals surface area contributed by atoms with Gasteiger partial charge in [-0.2, -0.15) is 0 Å². The molecule has 0 atom stereocenters. The van der Waals surface area contributed by atoms with Gasteiger partial charge in [0.25, 0.3) is 0 Å². The van der Waals surface area contributed by atoms with Gasteiger partial charge >= 0.3 is 0 Å². The number of carbonyl (C=O) groups is 1. The second-order valence-electron chi connectivity index (χ2n) is 7.68. The smallest absolute Gasteiger partial charge is 0.193 e. The van der Waals surface area contributed by atoms with E-state index in [1.807, 2.05) is 72.7 Å². The molecule has 2 aliphatic carbocycles. The Morgan fingerprint density at radius 2 is 1.07 bits per heavy atom. The molecule has 2 spiro atoms. The van der Waals surface area contributed by atoms with Crippen LogP contribution in [0.4, 0.5) is 0 Å². The number of thioether (sulfide) groups is 1. The summed E-state index contributed by atoms with van der Waals surface area (Å²) in [7, 11) is 0. The Labute approximate surface area is 171 Å². The van der Waals surface area contributed by atoms with Crippen LogP contribution in [0.15, 0.2) is 85.2 Å². The summed E-state index contributed by atoms with van der Waals surface area (Å²) in [6, 6.07) is 24.3. The minimum Gasteiger partial charge on any atom is -0.289 e. The second kappa shape index (κ2) is 5.02. The van der Waals surface area contributed by atoms with Crippen LogP contribution in [0, 0.1) is 0 Å². The summed E-state index contributed by atoms with van der Waals surface area (Å²) in [6.45, 7) is 0. The largest absolute Gasteiger partial charge is 0.289 e. The Hall–Kier alpha value is -3.24. The molecule has 1 fully saturated rings. The lowest BCUT2D eigenvalue weighted by atomic mass is 9.70. The van der Waals surface area contributed by atoms with Crippen molar-refractivity contribution in [1.29, 1.82) is 0 Å². The highest BCUT2D eigenvalue weighted by atomic mass is 32.2. The van der Waals surface area contributed by atoms with E-state index in [1.54, 1.807) is 0 Å². The van der Waals surface area contributed by atoms with E-state index in [0.717, 1.165) is 44.8 Å². The van der Waals surface area contributed by atoms with E-state index < -0.39 is 9.49 Å². The van der Waals surface area contributed by atoms with Crippen LogP contribution in [0.25, 0.3) is 11.1 Å². The molecule has 3 nitrogen and oxygen atoms in total. The molecule has 29 heavy (non-hydrogen) atoms. The number of rotatable bonds is 0. The zero-order valence-corrected chi connectivity index (χ0v) is 16.1. The molecule has 1 aliphatic heterocycles. The van der Waals surface area contributed by atoms with E-state index in [2.05, 4.69) is 24.3 Å². The molecule has 136 valence electrons. The average Bonchev–Trinajstić information content (AvgIpc) is 3.41. The van der Waals surface area contributed by atoms with Crippen LogP contribution in [-0.4, -0.2) is 15.8 Å². The Bertz CT molecular complexity index is 1280. The number of pyridine rings is 2. The van der Waals surface area contributed by atoms with E-state index in [0.29, 0.717) is 0 Å². The van der Waals surface area contributed by atoms with Crippen LogP contribution in [-0.2, 0) is 9.49 Å². The quantitative estimate of drug-likeness (QED) is 0.399. The van der Waals surface area contributed by atoms with Gasteiger partial charge in [0.05, 0.1) is 16.1 Å². The van der Waals surface area contributed by atoms with Crippen molar-refractivity contribution in [3.63, 3.8) is 0 Å². The lowest BCUT2D eigenvalue weighted by Gasteiger charge is -2.29. The highest BCUT2D eigenvalue weighted by Gasteiger charge is 2.78. The highest BCUT2D eigenvalue weighted by Crippen LogP contribution is 2.84. The Morgan fingerprint density at radius 1 is 0.586 bits per heavy atom. The lowest BCUT2D eigenvalue weighted by Crippen LogP contribution is -2.32. The lowest BCUT2D eigenvalue weighted by molar-refractivity contribution is 0.103. The van der Waals surface area contributed by atoms with Crippen molar-refractivity contribution in [3.05, 3.63) is 119 Å². The summed E-state index contributed by atoms with van der Waals surface area (Å²) in [5.74, 6) is 0.102. The molecule has 0 amide bonds. The van der Waals surface area contributed by atoms with Gasteiger partial charge in [0.2, 0.25) is 0 Å². The number of benzene rings is 2. The minimum absolute atomic E-state index is 0.102. The van der Waals surface area contributed by atoms with Crippen LogP contribution in [0.2, 0.25) is 0 Å². The van der Waals surface area contributed by atoms with Gasteiger partial charge in [-0.15, -0.1) is 11.8 Å².